The van der Waals surface area contributed by atoms with Gasteiger partial charge in [0.2, 0.25) is 0 Å². The summed E-state index contributed by atoms with van der Waals surface area (Å²) in [6.07, 6.45) is 0. The topological polar surface area (TPSA) is 77.6 Å². The van der Waals surface area contributed by atoms with Crippen LogP contribution >= 0.6 is 0 Å². The van der Waals surface area contributed by atoms with Crippen molar-refractivity contribution in [1.82, 2.24) is 29.9 Å². The molecule has 160 valence electrons. The Morgan fingerprint density at radius 3 is 2.42 bits per heavy atom. The van der Waals surface area contributed by atoms with Crippen molar-refractivity contribution in [3.63, 3.8) is 0 Å². The monoisotopic (exact) mass is 416 g/mol. The molecule has 0 fully saturated rings. The molecule has 0 saturated carbocycles. The summed E-state index contributed by atoms with van der Waals surface area (Å²) < 4.78 is 3.81. The third-order valence-electron chi connectivity index (χ3n) is 5.35. The molecule has 0 aliphatic carbocycles. The van der Waals surface area contributed by atoms with Gasteiger partial charge < -0.3 is 5.32 Å². The Balaban J connectivity index is 1.62. The van der Waals surface area contributed by atoms with Crippen LogP contribution in [0.25, 0.3) is 11.0 Å². The van der Waals surface area contributed by atoms with Crippen LogP contribution in [0.5, 0.6) is 0 Å². The van der Waals surface area contributed by atoms with Crippen molar-refractivity contribution in [2.75, 3.05) is 0 Å². The van der Waals surface area contributed by atoms with E-state index in [1.165, 1.54) is 0 Å². The van der Waals surface area contributed by atoms with Crippen molar-refractivity contribution in [2.45, 2.75) is 53.8 Å². The maximum atomic E-state index is 13.2. The number of fused-ring (bicyclic) bond motifs is 1. The lowest BCUT2D eigenvalue weighted by molar-refractivity contribution is 0.0937. The number of carbonyl (C=O) groups is 1. The second kappa shape index (κ2) is 8.34. The van der Waals surface area contributed by atoms with Crippen LogP contribution < -0.4 is 5.32 Å². The van der Waals surface area contributed by atoms with E-state index in [1.807, 2.05) is 74.3 Å². The third-order valence-corrected chi connectivity index (χ3v) is 5.35. The summed E-state index contributed by atoms with van der Waals surface area (Å²) in [7, 11) is 0. The minimum atomic E-state index is -0.119. The third kappa shape index (κ3) is 4.35. The summed E-state index contributed by atoms with van der Waals surface area (Å²) >= 11 is 0. The molecule has 3 aromatic heterocycles. The van der Waals surface area contributed by atoms with E-state index < -0.39 is 0 Å². The predicted octanol–water partition coefficient (Wildman–Crippen LogP) is 3.73. The lowest BCUT2D eigenvalue weighted by atomic mass is 10.1. The minimum absolute atomic E-state index is 0.0753. The highest BCUT2D eigenvalue weighted by atomic mass is 16.1. The molecule has 1 amide bonds. The molecule has 1 atom stereocenters. The molecule has 3 heterocycles. The zero-order valence-electron chi connectivity index (χ0n) is 18.7. The lowest BCUT2D eigenvalue weighted by Gasteiger charge is -2.16. The highest BCUT2D eigenvalue weighted by molar-refractivity contribution is 6.06. The van der Waals surface area contributed by atoms with E-state index in [0.717, 1.165) is 39.4 Å². The van der Waals surface area contributed by atoms with Crippen molar-refractivity contribution in [3.8, 4) is 0 Å². The standard InChI is InChI=1S/C24H28N6O/c1-15-12-21(24(31)26-17(3)13-29-18(4)11-16(2)27-29)22-19(5)28-30(23(22)25-15)14-20-9-7-6-8-10-20/h6-12,17H,13-14H2,1-5H3,(H,26,31). The fourth-order valence-electron chi connectivity index (χ4n) is 3.99. The maximum absolute atomic E-state index is 13.2. The largest absolute Gasteiger partial charge is 0.348 e. The van der Waals surface area contributed by atoms with Crippen LogP contribution in [0.2, 0.25) is 0 Å². The summed E-state index contributed by atoms with van der Waals surface area (Å²) in [5.74, 6) is -0.119. The minimum Gasteiger partial charge on any atom is -0.348 e. The molecule has 4 rings (SSSR count). The van der Waals surface area contributed by atoms with Gasteiger partial charge in [0.05, 0.1) is 35.4 Å². The zero-order chi connectivity index (χ0) is 22.1. The number of aromatic nitrogens is 5. The van der Waals surface area contributed by atoms with Crippen LogP contribution in [0, 0.1) is 27.7 Å². The van der Waals surface area contributed by atoms with Gasteiger partial charge in [-0.3, -0.25) is 9.48 Å². The molecule has 0 radical (unpaired) electrons. The van der Waals surface area contributed by atoms with Gasteiger partial charge in [0, 0.05) is 17.4 Å². The molecule has 4 aromatic rings. The average molecular weight is 417 g/mol. The van der Waals surface area contributed by atoms with Crippen molar-refractivity contribution in [2.24, 2.45) is 0 Å². The van der Waals surface area contributed by atoms with Gasteiger partial charge in [-0.1, -0.05) is 30.3 Å². The van der Waals surface area contributed by atoms with Crippen LogP contribution in [0.15, 0.2) is 42.5 Å². The molecular weight excluding hydrogens is 388 g/mol. The van der Waals surface area contributed by atoms with Crippen LogP contribution in [-0.2, 0) is 13.1 Å². The van der Waals surface area contributed by atoms with E-state index in [9.17, 15) is 4.79 Å². The lowest BCUT2D eigenvalue weighted by Crippen LogP contribution is -2.36. The number of benzene rings is 1. The molecule has 0 aliphatic heterocycles. The second-order valence-corrected chi connectivity index (χ2v) is 8.22. The molecule has 1 aromatic carbocycles. The fourth-order valence-corrected chi connectivity index (χ4v) is 3.99. The summed E-state index contributed by atoms with van der Waals surface area (Å²) in [5, 5.41) is 13.1. The summed E-state index contributed by atoms with van der Waals surface area (Å²) in [6.45, 7) is 11.0. The van der Waals surface area contributed by atoms with Gasteiger partial charge in [-0.05, 0) is 52.3 Å². The SMILES string of the molecule is Cc1cc(C(=O)NC(C)Cn2nc(C)cc2C)c2c(C)nn(Cc3ccccc3)c2n1. The molecule has 1 unspecified atom stereocenters. The summed E-state index contributed by atoms with van der Waals surface area (Å²) in [4.78, 5) is 17.9. The quantitative estimate of drug-likeness (QED) is 0.520. The number of aryl methyl sites for hydroxylation is 4. The molecule has 0 spiro atoms. The number of nitrogens with zero attached hydrogens (tertiary/aromatic N) is 5. The Labute approximate surface area is 182 Å². The van der Waals surface area contributed by atoms with Gasteiger partial charge in [-0.15, -0.1) is 0 Å². The number of amides is 1. The normalized spacial score (nSPS) is 12.3. The van der Waals surface area contributed by atoms with Crippen LogP contribution in [0.4, 0.5) is 0 Å². The number of pyridine rings is 1. The first-order valence-electron chi connectivity index (χ1n) is 10.5. The first-order valence-corrected chi connectivity index (χ1v) is 10.5. The first-order chi connectivity index (χ1) is 14.8. The molecule has 0 saturated heterocycles. The highest BCUT2D eigenvalue weighted by Crippen LogP contribution is 2.23. The predicted molar refractivity (Wildman–Crippen MR) is 121 cm³/mol. The van der Waals surface area contributed by atoms with E-state index in [0.29, 0.717) is 18.7 Å². The van der Waals surface area contributed by atoms with Crippen LogP contribution in [-0.4, -0.2) is 36.5 Å². The second-order valence-electron chi connectivity index (χ2n) is 8.22. The Bertz CT molecular complexity index is 1240. The number of carbonyl (C=O) groups excluding carboxylic acids is 1. The highest BCUT2D eigenvalue weighted by Gasteiger charge is 2.20. The Morgan fingerprint density at radius 2 is 1.74 bits per heavy atom. The smallest absolute Gasteiger partial charge is 0.252 e. The number of rotatable bonds is 6. The van der Waals surface area contributed by atoms with Crippen molar-refractivity contribution in [3.05, 3.63) is 76.4 Å². The maximum Gasteiger partial charge on any atom is 0.252 e. The van der Waals surface area contributed by atoms with E-state index in [-0.39, 0.29) is 11.9 Å². The molecule has 7 heteroatoms. The van der Waals surface area contributed by atoms with Crippen molar-refractivity contribution >= 4 is 16.9 Å². The Hall–Kier alpha value is -3.48. The van der Waals surface area contributed by atoms with Crippen LogP contribution in [0.1, 0.15) is 45.6 Å². The zero-order valence-corrected chi connectivity index (χ0v) is 18.7. The van der Waals surface area contributed by atoms with Gasteiger partial charge in [0.25, 0.3) is 5.91 Å². The molecule has 0 aliphatic rings. The van der Waals surface area contributed by atoms with E-state index in [4.69, 9.17) is 10.1 Å². The van der Waals surface area contributed by atoms with Crippen molar-refractivity contribution < 1.29 is 4.79 Å². The molecule has 0 bridgehead atoms. The first kappa shape index (κ1) is 20.8. The van der Waals surface area contributed by atoms with Gasteiger partial charge in [0.1, 0.15) is 0 Å². The summed E-state index contributed by atoms with van der Waals surface area (Å²) in [5.41, 5.74) is 6.13. The molecule has 1 N–H and O–H groups in total. The van der Waals surface area contributed by atoms with Crippen LogP contribution in [0.3, 0.4) is 0 Å². The Kier molecular flexibility index (Phi) is 5.59. The number of hydrogen-bond acceptors (Lipinski definition) is 4. The summed E-state index contributed by atoms with van der Waals surface area (Å²) in [6, 6.07) is 13.9. The van der Waals surface area contributed by atoms with Gasteiger partial charge in [0.15, 0.2) is 5.65 Å². The molecular formula is C24H28N6O. The van der Waals surface area contributed by atoms with Gasteiger partial charge in [-0.2, -0.15) is 10.2 Å². The molecule has 7 nitrogen and oxygen atoms in total. The van der Waals surface area contributed by atoms with E-state index >= 15 is 0 Å². The van der Waals surface area contributed by atoms with Crippen molar-refractivity contribution in [1.29, 1.82) is 0 Å². The Morgan fingerprint density at radius 1 is 1.00 bits per heavy atom. The van der Waals surface area contributed by atoms with E-state index in [2.05, 4.69) is 22.5 Å². The number of nitrogens with one attached hydrogen (secondary N) is 1. The van der Waals surface area contributed by atoms with Gasteiger partial charge in [-0.25, -0.2) is 9.67 Å². The average Bonchev–Trinajstić information content (AvgIpc) is 3.19. The van der Waals surface area contributed by atoms with E-state index in [1.54, 1.807) is 0 Å². The fraction of sp³-hybridized carbons (Fsp3) is 0.333. The molecule has 31 heavy (non-hydrogen) atoms. The number of hydrogen-bond donors (Lipinski definition) is 1. The van der Waals surface area contributed by atoms with Gasteiger partial charge >= 0.3 is 0 Å².